The van der Waals surface area contributed by atoms with Crippen LogP contribution in [-0.4, -0.2) is 48.6 Å². The fourth-order valence-corrected chi connectivity index (χ4v) is 5.00. The van der Waals surface area contributed by atoms with Crippen molar-refractivity contribution in [2.24, 2.45) is 5.92 Å². The molecule has 4 rings (SSSR count). The predicted molar refractivity (Wildman–Crippen MR) is 118 cm³/mol. The van der Waals surface area contributed by atoms with Gasteiger partial charge in [-0.25, -0.2) is 4.79 Å². The Morgan fingerprint density at radius 2 is 1.77 bits per heavy atom. The third-order valence-corrected chi connectivity index (χ3v) is 6.78. The fourth-order valence-electron chi connectivity index (χ4n) is 4.84. The minimum absolute atomic E-state index is 0.00245. The molecule has 7 heteroatoms. The van der Waals surface area contributed by atoms with E-state index in [-0.39, 0.29) is 24.0 Å². The summed E-state index contributed by atoms with van der Waals surface area (Å²) in [5.74, 6) is 0.859. The van der Waals surface area contributed by atoms with Crippen LogP contribution in [0.4, 0.5) is 10.5 Å². The fraction of sp³-hybridized carbons (Fsp3) is 0.652. The van der Waals surface area contributed by atoms with Crippen LogP contribution in [0.3, 0.4) is 0 Å². The molecule has 0 aromatic heterocycles. The lowest BCUT2D eigenvalue weighted by atomic mass is 9.95. The van der Waals surface area contributed by atoms with Gasteiger partial charge in [-0.15, -0.1) is 0 Å². The van der Waals surface area contributed by atoms with E-state index in [1.54, 1.807) is 17.0 Å². The number of fused-ring (bicyclic) bond motifs is 1. The van der Waals surface area contributed by atoms with Crippen LogP contribution in [0.25, 0.3) is 0 Å². The average Bonchev–Trinajstić information content (AvgIpc) is 3.02. The van der Waals surface area contributed by atoms with Gasteiger partial charge in [0.05, 0.1) is 12.2 Å². The van der Waals surface area contributed by atoms with Crippen LogP contribution in [0.2, 0.25) is 5.02 Å². The number of likely N-dealkylation sites (tertiary alicyclic amines) is 1. The van der Waals surface area contributed by atoms with Gasteiger partial charge >= 0.3 is 6.03 Å². The molecule has 0 bridgehead atoms. The number of benzene rings is 1. The normalized spacial score (nSPS) is 23.3. The van der Waals surface area contributed by atoms with Gasteiger partial charge < -0.3 is 15.0 Å². The van der Waals surface area contributed by atoms with Gasteiger partial charge in [-0.1, -0.05) is 37.3 Å². The van der Waals surface area contributed by atoms with Crippen LogP contribution in [0, 0.1) is 5.92 Å². The Hall–Kier alpha value is -1.95. The van der Waals surface area contributed by atoms with Crippen LogP contribution >= 0.6 is 11.6 Å². The standard InChI is InChI=1S/C23H32ClN3O3/c1-16-15-27(20-14-18(24)8-9-21(20)30-16)23(29)26-12-10-17(11-13-26)22(28)25-19-6-4-2-3-5-7-19/h8-9,14,16-17,19H,2-7,10-13,15H2,1H3,(H,25,28)/t16-/m1/s1. The number of piperidine rings is 1. The summed E-state index contributed by atoms with van der Waals surface area (Å²) in [4.78, 5) is 29.6. The zero-order valence-corrected chi connectivity index (χ0v) is 18.5. The zero-order chi connectivity index (χ0) is 21.1. The topological polar surface area (TPSA) is 61.9 Å². The summed E-state index contributed by atoms with van der Waals surface area (Å²) >= 11 is 6.16. The second-order valence-corrected chi connectivity index (χ2v) is 9.33. The largest absolute Gasteiger partial charge is 0.487 e. The van der Waals surface area contributed by atoms with Crippen LogP contribution in [0.15, 0.2) is 18.2 Å². The molecule has 0 radical (unpaired) electrons. The predicted octanol–water partition coefficient (Wildman–Crippen LogP) is 4.60. The molecule has 1 saturated heterocycles. The van der Waals surface area contributed by atoms with E-state index in [9.17, 15) is 9.59 Å². The molecule has 1 N–H and O–H groups in total. The summed E-state index contributed by atoms with van der Waals surface area (Å²) in [6.07, 6.45) is 8.52. The Bertz CT molecular complexity index is 771. The first-order valence-electron chi connectivity index (χ1n) is 11.3. The summed E-state index contributed by atoms with van der Waals surface area (Å²) in [5.41, 5.74) is 0.721. The molecule has 1 saturated carbocycles. The van der Waals surface area contributed by atoms with Crippen LogP contribution in [0.5, 0.6) is 5.75 Å². The van der Waals surface area contributed by atoms with Crippen LogP contribution < -0.4 is 15.0 Å². The maximum Gasteiger partial charge on any atom is 0.324 e. The second-order valence-electron chi connectivity index (χ2n) is 8.89. The van der Waals surface area contributed by atoms with Gasteiger partial charge in [-0.2, -0.15) is 0 Å². The van der Waals surface area contributed by atoms with Gasteiger partial charge in [0.15, 0.2) is 0 Å². The number of halogens is 1. The van der Waals surface area contributed by atoms with Gasteiger partial charge in [0.1, 0.15) is 11.9 Å². The molecule has 6 nitrogen and oxygen atoms in total. The molecule has 2 aliphatic heterocycles. The number of hydrogen-bond donors (Lipinski definition) is 1. The number of anilines is 1. The first-order valence-corrected chi connectivity index (χ1v) is 11.7. The molecule has 1 aliphatic carbocycles. The van der Waals surface area contributed by atoms with E-state index in [1.807, 2.05) is 17.9 Å². The SMILES string of the molecule is C[C@@H]1CN(C(=O)N2CCC(C(=O)NC3CCCCCC3)CC2)c2cc(Cl)ccc2O1. The molecular formula is C23H32ClN3O3. The van der Waals surface area contributed by atoms with Crippen molar-refractivity contribution >= 4 is 29.2 Å². The van der Waals surface area contributed by atoms with Gasteiger partial charge in [0.2, 0.25) is 5.91 Å². The van der Waals surface area contributed by atoms with E-state index < -0.39 is 0 Å². The third kappa shape index (κ3) is 4.85. The van der Waals surface area contributed by atoms with E-state index >= 15 is 0 Å². The Kier molecular flexibility index (Phi) is 6.71. The summed E-state index contributed by atoms with van der Waals surface area (Å²) in [6, 6.07) is 5.68. The van der Waals surface area contributed by atoms with Crippen molar-refractivity contribution in [3.63, 3.8) is 0 Å². The number of urea groups is 1. The van der Waals surface area contributed by atoms with Crippen molar-refractivity contribution in [3.05, 3.63) is 23.2 Å². The highest BCUT2D eigenvalue weighted by Crippen LogP contribution is 2.36. The number of carbonyl (C=O) groups excluding carboxylic acids is 2. The third-order valence-electron chi connectivity index (χ3n) is 6.55. The van der Waals surface area contributed by atoms with Crippen molar-refractivity contribution in [2.75, 3.05) is 24.5 Å². The van der Waals surface area contributed by atoms with Crippen molar-refractivity contribution in [1.82, 2.24) is 10.2 Å². The average molecular weight is 434 g/mol. The smallest absolute Gasteiger partial charge is 0.324 e. The lowest BCUT2D eigenvalue weighted by Gasteiger charge is -2.39. The van der Waals surface area contributed by atoms with E-state index in [1.165, 1.54) is 25.7 Å². The molecule has 30 heavy (non-hydrogen) atoms. The van der Waals surface area contributed by atoms with Crippen LogP contribution in [0.1, 0.15) is 58.3 Å². The molecule has 1 aromatic carbocycles. The molecule has 0 spiro atoms. The summed E-state index contributed by atoms with van der Waals surface area (Å²) in [7, 11) is 0. The van der Waals surface area contributed by atoms with Gasteiger partial charge in [-0.3, -0.25) is 9.69 Å². The molecular weight excluding hydrogens is 402 g/mol. The molecule has 2 heterocycles. The first-order chi connectivity index (χ1) is 14.5. The highest BCUT2D eigenvalue weighted by atomic mass is 35.5. The molecule has 1 aromatic rings. The van der Waals surface area contributed by atoms with Crippen molar-refractivity contribution in [2.45, 2.75) is 70.4 Å². The van der Waals surface area contributed by atoms with Gasteiger partial charge in [0.25, 0.3) is 0 Å². The highest BCUT2D eigenvalue weighted by molar-refractivity contribution is 6.31. The van der Waals surface area contributed by atoms with Gasteiger partial charge in [-0.05, 0) is 50.8 Å². The van der Waals surface area contributed by atoms with E-state index in [0.717, 1.165) is 18.5 Å². The number of hydrogen-bond acceptors (Lipinski definition) is 3. The van der Waals surface area contributed by atoms with Crippen molar-refractivity contribution < 1.29 is 14.3 Å². The Morgan fingerprint density at radius 3 is 2.47 bits per heavy atom. The molecule has 0 unspecified atom stereocenters. The quantitative estimate of drug-likeness (QED) is 0.693. The summed E-state index contributed by atoms with van der Waals surface area (Å²) < 4.78 is 5.86. The number of amides is 3. The number of nitrogens with one attached hydrogen (secondary N) is 1. The van der Waals surface area contributed by atoms with Crippen molar-refractivity contribution in [3.8, 4) is 5.75 Å². The molecule has 2 fully saturated rings. The first kappa shape index (κ1) is 21.3. The zero-order valence-electron chi connectivity index (χ0n) is 17.7. The Balaban J connectivity index is 1.34. The van der Waals surface area contributed by atoms with Crippen LogP contribution in [-0.2, 0) is 4.79 Å². The van der Waals surface area contributed by atoms with Gasteiger partial charge in [0, 0.05) is 30.1 Å². The maximum absolute atomic E-state index is 13.3. The number of ether oxygens (including phenoxy) is 1. The van der Waals surface area contributed by atoms with E-state index in [0.29, 0.717) is 49.3 Å². The number of carbonyl (C=O) groups is 2. The Morgan fingerprint density at radius 1 is 1.07 bits per heavy atom. The second kappa shape index (κ2) is 9.46. The molecule has 1 atom stereocenters. The van der Waals surface area contributed by atoms with Crippen molar-refractivity contribution in [1.29, 1.82) is 0 Å². The van der Waals surface area contributed by atoms with E-state index in [2.05, 4.69) is 5.32 Å². The summed E-state index contributed by atoms with van der Waals surface area (Å²) in [5, 5.41) is 3.86. The highest BCUT2D eigenvalue weighted by Gasteiger charge is 2.34. The number of rotatable bonds is 2. The minimum atomic E-state index is -0.0782. The maximum atomic E-state index is 13.3. The minimum Gasteiger partial charge on any atom is -0.487 e. The Labute approximate surface area is 183 Å². The monoisotopic (exact) mass is 433 g/mol. The van der Waals surface area contributed by atoms with E-state index in [4.69, 9.17) is 16.3 Å². The molecule has 3 aliphatic rings. The summed E-state index contributed by atoms with van der Waals surface area (Å²) in [6.45, 7) is 3.66. The lowest BCUT2D eigenvalue weighted by Crippen LogP contribution is -2.52. The molecule has 164 valence electrons. The molecule has 3 amide bonds. The lowest BCUT2D eigenvalue weighted by molar-refractivity contribution is -0.127. The number of nitrogens with zero attached hydrogens (tertiary/aromatic N) is 2.